The minimum absolute atomic E-state index is 0.148. The molecule has 2 N–H and O–H groups in total. The maximum absolute atomic E-state index is 12.1. The Kier molecular flexibility index (Phi) is 5.08. The van der Waals surface area contributed by atoms with Crippen LogP contribution in [0.3, 0.4) is 0 Å². The molecule has 1 amide bonds. The van der Waals surface area contributed by atoms with Crippen LogP contribution in [0.5, 0.6) is 0 Å². The lowest BCUT2D eigenvalue weighted by atomic mass is 10.1. The van der Waals surface area contributed by atoms with Gasteiger partial charge in [-0.25, -0.2) is 0 Å². The van der Waals surface area contributed by atoms with Crippen LogP contribution in [0.25, 0.3) is 22.4 Å². The molecule has 0 saturated heterocycles. The zero-order chi connectivity index (χ0) is 19.3. The number of nitrogens with zero attached hydrogens (tertiary/aromatic N) is 3. The number of aromatic nitrogens is 3. The SMILES string of the molecule is N#CCc1ccc(NC(=O)CSc2nnc(-c3c[nH]c4ccccc34)o2)cc1. The van der Waals surface area contributed by atoms with Crippen molar-refractivity contribution in [3.8, 4) is 17.5 Å². The summed E-state index contributed by atoms with van der Waals surface area (Å²) in [5.41, 5.74) is 3.41. The van der Waals surface area contributed by atoms with Crippen molar-refractivity contribution in [2.75, 3.05) is 11.1 Å². The largest absolute Gasteiger partial charge is 0.411 e. The number of hydrogen-bond donors (Lipinski definition) is 2. The molecule has 0 aliphatic heterocycles. The Morgan fingerprint density at radius 2 is 2.00 bits per heavy atom. The van der Waals surface area contributed by atoms with E-state index < -0.39 is 0 Å². The second-order valence-electron chi connectivity index (χ2n) is 5.99. The Balaban J connectivity index is 1.36. The fourth-order valence-electron chi connectivity index (χ4n) is 2.75. The number of rotatable bonds is 6. The number of aromatic amines is 1. The molecule has 0 aliphatic rings. The topological polar surface area (TPSA) is 108 Å². The van der Waals surface area contributed by atoms with E-state index in [0.717, 1.165) is 22.0 Å². The van der Waals surface area contributed by atoms with E-state index in [0.29, 0.717) is 23.2 Å². The van der Waals surface area contributed by atoms with E-state index in [1.165, 1.54) is 11.8 Å². The molecule has 2 aromatic carbocycles. The van der Waals surface area contributed by atoms with Crippen LogP contribution < -0.4 is 5.32 Å². The fourth-order valence-corrected chi connectivity index (χ4v) is 3.31. The lowest BCUT2D eigenvalue weighted by Crippen LogP contribution is -2.13. The van der Waals surface area contributed by atoms with Gasteiger partial charge in [0.05, 0.1) is 23.8 Å². The molecule has 0 aliphatic carbocycles. The average Bonchev–Trinajstić information content (AvgIpc) is 3.35. The summed E-state index contributed by atoms with van der Waals surface area (Å²) in [7, 11) is 0. The maximum Gasteiger partial charge on any atom is 0.277 e. The number of benzene rings is 2. The van der Waals surface area contributed by atoms with Gasteiger partial charge in [0.1, 0.15) is 0 Å². The molecule has 2 heterocycles. The first-order chi connectivity index (χ1) is 13.7. The molecule has 2 aromatic heterocycles. The number of anilines is 1. The zero-order valence-electron chi connectivity index (χ0n) is 14.7. The first kappa shape index (κ1) is 17.8. The smallest absolute Gasteiger partial charge is 0.277 e. The van der Waals surface area contributed by atoms with Gasteiger partial charge >= 0.3 is 0 Å². The van der Waals surface area contributed by atoms with Crippen LogP contribution >= 0.6 is 11.8 Å². The molecule has 0 spiro atoms. The third kappa shape index (κ3) is 3.89. The summed E-state index contributed by atoms with van der Waals surface area (Å²) in [6.07, 6.45) is 2.18. The van der Waals surface area contributed by atoms with Crippen molar-refractivity contribution >= 4 is 34.3 Å². The fraction of sp³-hybridized carbons (Fsp3) is 0.100. The molecule has 28 heavy (non-hydrogen) atoms. The Hall–Kier alpha value is -3.57. The summed E-state index contributed by atoms with van der Waals surface area (Å²) in [5.74, 6) is 0.383. The molecule has 138 valence electrons. The van der Waals surface area contributed by atoms with Gasteiger partial charge in [-0.2, -0.15) is 5.26 Å². The molecule has 0 fully saturated rings. The number of amides is 1. The van der Waals surface area contributed by atoms with Gasteiger partial charge in [0.15, 0.2) is 0 Å². The first-order valence-corrected chi connectivity index (χ1v) is 9.50. The summed E-state index contributed by atoms with van der Waals surface area (Å²) in [5, 5.41) is 20.9. The van der Waals surface area contributed by atoms with Crippen molar-refractivity contribution in [1.29, 1.82) is 5.26 Å². The molecule has 0 unspecified atom stereocenters. The van der Waals surface area contributed by atoms with Gasteiger partial charge < -0.3 is 14.7 Å². The Morgan fingerprint density at radius 3 is 2.82 bits per heavy atom. The number of nitriles is 1. The molecule has 4 rings (SSSR count). The van der Waals surface area contributed by atoms with Crippen LogP contribution in [0, 0.1) is 11.3 Å². The molecular formula is C20H15N5O2S. The van der Waals surface area contributed by atoms with Crippen LogP contribution in [-0.2, 0) is 11.2 Å². The van der Waals surface area contributed by atoms with E-state index in [4.69, 9.17) is 9.68 Å². The van der Waals surface area contributed by atoms with Gasteiger partial charge in [-0.1, -0.05) is 42.1 Å². The Morgan fingerprint density at radius 1 is 1.18 bits per heavy atom. The summed E-state index contributed by atoms with van der Waals surface area (Å²) < 4.78 is 5.69. The first-order valence-electron chi connectivity index (χ1n) is 8.51. The highest BCUT2D eigenvalue weighted by molar-refractivity contribution is 7.99. The highest BCUT2D eigenvalue weighted by Gasteiger charge is 2.14. The van der Waals surface area contributed by atoms with Gasteiger partial charge in [0.2, 0.25) is 5.91 Å². The lowest BCUT2D eigenvalue weighted by Gasteiger charge is -2.04. The highest BCUT2D eigenvalue weighted by Crippen LogP contribution is 2.29. The van der Waals surface area contributed by atoms with Crippen molar-refractivity contribution in [2.45, 2.75) is 11.6 Å². The number of H-pyrrole nitrogens is 1. The van der Waals surface area contributed by atoms with E-state index in [9.17, 15) is 4.79 Å². The molecule has 0 bridgehead atoms. The van der Waals surface area contributed by atoms with Crippen LogP contribution in [-0.4, -0.2) is 26.8 Å². The minimum Gasteiger partial charge on any atom is -0.411 e. The van der Waals surface area contributed by atoms with Crippen LogP contribution in [0.4, 0.5) is 5.69 Å². The Bertz CT molecular complexity index is 1160. The third-order valence-corrected chi connectivity index (χ3v) is 4.89. The molecule has 0 atom stereocenters. The molecule has 4 aromatic rings. The van der Waals surface area contributed by atoms with E-state index in [2.05, 4.69) is 26.6 Å². The van der Waals surface area contributed by atoms with E-state index >= 15 is 0 Å². The van der Waals surface area contributed by atoms with Crippen LogP contribution in [0.1, 0.15) is 5.56 Å². The second-order valence-corrected chi connectivity index (χ2v) is 6.92. The molecule has 0 radical (unpaired) electrons. The van der Waals surface area contributed by atoms with Crippen molar-refractivity contribution in [3.05, 3.63) is 60.3 Å². The zero-order valence-corrected chi connectivity index (χ0v) is 15.5. The number of para-hydroxylation sites is 1. The number of thioether (sulfide) groups is 1. The predicted octanol–water partition coefficient (Wildman–Crippen LogP) is 4.01. The van der Waals surface area contributed by atoms with Crippen LogP contribution in [0.15, 0.2) is 64.4 Å². The van der Waals surface area contributed by atoms with Crippen LogP contribution in [0.2, 0.25) is 0 Å². The normalized spacial score (nSPS) is 10.7. The third-order valence-electron chi connectivity index (χ3n) is 4.07. The summed E-state index contributed by atoms with van der Waals surface area (Å²) in [4.78, 5) is 15.3. The van der Waals surface area contributed by atoms with Crippen molar-refractivity contribution in [2.24, 2.45) is 0 Å². The van der Waals surface area contributed by atoms with Gasteiger partial charge in [0.25, 0.3) is 11.1 Å². The average molecular weight is 389 g/mol. The summed E-state index contributed by atoms with van der Waals surface area (Å²) in [6.45, 7) is 0. The molecule has 7 nitrogen and oxygen atoms in total. The standard InChI is InChI=1S/C20H15N5O2S/c21-10-9-13-5-7-14(8-6-13)23-18(26)12-28-20-25-24-19(27-20)16-11-22-17-4-2-1-3-15(16)17/h1-8,11,22H,9,12H2,(H,23,26). The number of carbonyl (C=O) groups is 1. The van der Waals surface area contributed by atoms with Gasteiger partial charge in [0, 0.05) is 22.8 Å². The maximum atomic E-state index is 12.1. The van der Waals surface area contributed by atoms with Gasteiger partial charge in [-0.3, -0.25) is 4.79 Å². The number of hydrogen-bond acceptors (Lipinski definition) is 6. The van der Waals surface area contributed by atoms with Crippen molar-refractivity contribution < 1.29 is 9.21 Å². The van der Waals surface area contributed by atoms with Gasteiger partial charge in [-0.05, 0) is 23.8 Å². The number of fused-ring (bicyclic) bond motifs is 1. The molecular weight excluding hydrogens is 374 g/mol. The van der Waals surface area contributed by atoms with Crippen molar-refractivity contribution in [3.63, 3.8) is 0 Å². The van der Waals surface area contributed by atoms with E-state index in [-0.39, 0.29) is 11.7 Å². The number of carbonyl (C=O) groups excluding carboxylic acids is 1. The predicted molar refractivity (Wildman–Crippen MR) is 107 cm³/mol. The van der Waals surface area contributed by atoms with Gasteiger partial charge in [-0.15, -0.1) is 10.2 Å². The summed E-state index contributed by atoms with van der Waals surface area (Å²) >= 11 is 1.18. The minimum atomic E-state index is -0.176. The molecule has 0 saturated carbocycles. The summed E-state index contributed by atoms with van der Waals surface area (Å²) in [6, 6.07) is 17.1. The monoisotopic (exact) mass is 389 g/mol. The van der Waals surface area contributed by atoms with E-state index in [1.54, 1.807) is 12.1 Å². The van der Waals surface area contributed by atoms with E-state index in [1.807, 2.05) is 42.6 Å². The second kappa shape index (κ2) is 7.98. The molecule has 8 heteroatoms. The number of nitrogens with one attached hydrogen (secondary N) is 2. The quantitative estimate of drug-likeness (QED) is 0.482. The van der Waals surface area contributed by atoms with Crippen molar-refractivity contribution in [1.82, 2.24) is 15.2 Å². The lowest BCUT2D eigenvalue weighted by molar-refractivity contribution is -0.113. The Labute approximate surface area is 164 Å². The highest BCUT2D eigenvalue weighted by atomic mass is 32.2.